The molecule has 1 aromatic carbocycles. The van der Waals surface area contributed by atoms with Crippen molar-refractivity contribution in [2.45, 2.75) is 6.92 Å². The van der Waals surface area contributed by atoms with E-state index in [4.69, 9.17) is 5.73 Å². The van der Waals surface area contributed by atoms with Gasteiger partial charge in [-0.2, -0.15) is 0 Å². The Kier molecular flexibility index (Phi) is 3.02. The maximum absolute atomic E-state index is 12.6. The number of nitrogens with zero attached hydrogens (tertiary/aromatic N) is 2. The summed E-state index contributed by atoms with van der Waals surface area (Å²) in [5, 5.41) is 0.783. The van der Waals surface area contributed by atoms with E-state index in [0.717, 1.165) is 9.95 Å². The minimum atomic E-state index is -0.458. The molecule has 0 bridgehead atoms. The van der Waals surface area contributed by atoms with Gasteiger partial charge in [-0.1, -0.05) is 12.1 Å². The minimum Gasteiger partial charge on any atom is -0.399 e. The summed E-state index contributed by atoms with van der Waals surface area (Å²) in [5.41, 5.74) is 7.11. The molecule has 0 saturated heterocycles. The second-order valence-corrected chi connectivity index (χ2v) is 4.81. The highest BCUT2D eigenvalue weighted by Gasteiger charge is 2.16. The van der Waals surface area contributed by atoms with Crippen LogP contribution in [0.5, 0.6) is 0 Å². The summed E-state index contributed by atoms with van der Waals surface area (Å²) in [6.07, 6.45) is 1.52. The Balaban J connectivity index is 2.36. The van der Waals surface area contributed by atoms with E-state index in [1.54, 1.807) is 49.4 Å². The molecule has 2 heterocycles. The summed E-state index contributed by atoms with van der Waals surface area (Å²) < 4.78 is 1.13. The van der Waals surface area contributed by atoms with Gasteiger partial charge in [0.2, 0.25) is 0 Å². The lowest BCUT2D eigenvalue weighted by atomic mass is 10.1. The Morgan fingerprint density at radius 3 is 2.71 bits per heavy atom. The number of hydrogen-bond donors (Lipinski definition) is 1. The minimum absolute atomic E-state index is 0.217. The van der Waals surface area contributed by atoms with Gasteiger partial charge in [-0.3, -0.25) is 14.6 Å². The molecule has 0 amide bonds. The summed E-state index contributed by atoms with van der Waals surface area (Å²) in [6.45, 7) is 1.68. The number of rotatable bonds is 1. The summed E-state index contributed by atoms with van der Waals surface area (Å²) in [7, 11) is 0. The van der Waals surface area contributed by atoms with Gasteiger partial charge in [0, 0.05) is 17.4 Å². The molecule has 0 spiro atoms. The molecule has 0 fully saturated rings. The largest absolute Gasteiger partial charge is 0.399 e. The first-order valence-electron chi connectivity index (χ1n) is 6.45. The van der Waals surface area contributed by atoms with Crippen LogP contribution in [0.1, 0.15) is 16.1 Å². The molecule has 3 aromatic rings. The van der Waals surface area contributed by atoms with E-state index < -0.39 is 5.91 Å². The predicted molar refractivity (Wildman–Crippen MR) is 81.3 cm³/mol. The number of carbonyl (C=O) groups is 1. The van der Waals surface area contributed by atoms with E-state index in [-0.39, 0.29) is 11.3 Å². The predicted octanol–water partition coefficient (Wildman–Crippen LogP) is 1.98. The lowest BCUT2D eigenvalue weighted by Crippen LogP contribution is -2.29. The van der Waals surface area contributed by atoms with Crippen LogP contribution in [0.25, 0.3) is 10.9 Å². The molecule has 0 saturated carbocycles. The highest BCUT2D eigenvalue weighted by atomic mass is 16.2. The second-order valence-electron chi connectivity index (χ2n) is 4.81. The summed E-state index contributed by atoms with van der Waals surface area (Å²) in [5.74, 6) is -0.458. The lowest BCUT2D eigenvalue weighted by Gasteiger charge is -2.10. The number of nitrogen functional groups attached to an aromatic ring is 1. The van der Waals surface area contributed by atoms with Crippen LogP contribution < -0.4 is 11.3 Å². The molecule has 3 rings (SSSR count). The van der Waals surface area contributed by atoms with Gasteiger partial charge >= 0.3 is 0 Å². The first-order chi connectivity index (χ1) is 10.1. The van der Waals surface area contributed by atoms with Crippen LogP contribution in [0.4, 0.5) is 5.69 Å². The molecule has 2 N–H and O–H groups in total. The molecule has 21 heavy (non-hydrogen) atoms. The quantitative estimate of drug-likeness (QED) is 0.691. The Morgan fingerprint density at radius 2 is 2.00 bits per heavy atom. The van der Waals surface area contributed by atoms with Crippen LogP contribution in [0.3, 0.4) is 0 Å². The molecular formula is C16H13N3O2. The van der Waals surface area contributed by atoms with E-state index in [9.17, 15) is 9.59 Å². The fourth-order valence-electron chi connectivity index (χ4n) is 2.26. The van der Waals surface area contributed by atoms with Crippen LogP contribution in [-0.4, -0.2) is 15.5 Å². The topological polar surface area (TPSA) is 78.0 Å². The van der Waals surface area contributed by atoms with Gasteiger partial charge in [0.25, 0.3) is 11.5 Å². The molecule has 5 heteroatoms. The third kappa shape index (κ3) is 2.18. The number of nitrogens with two attached hydrogens (primary N) is 1. The molecule has 0 aliphatic heterocycles. The third-order valence-electron chi connectivity index (χ3n) is 3.29. The standard InChI is InChI=1S/C16H13N3O2/c1-10-8-11-5-6-12(17)9-14(11)19(15(10)20)16(21)13-4-2-3-7-18-13/h2-9H,17H2,1H3. The average Bonchev–Trinajstić information content (AvgIpc) is 2.49. The Hall–Kier alpha value is -2.95. The molecule has 104 valence electrons. The number of hydrogen-bond acceptors (Lipinski definition) is 4. The Morgan fingerprint density at radius 1 is 1.19 bits per heavy atom. The van der Waals surface area contributed by atoms with Gasteiger partial charge in [0.1, 0.15) is 5.69 Å². The number of anilines is 1. The lowest BCUT2D eigenvalue weighted by molar-refractivity contribution is 0.0956. The first-order valence-corrected chi connectivity index (χ1v) is 6.45. The molecule has 5 nitrogen and oxygen atoms in total. The fraction of sp³-hybridized carbons (Fsp3) is 0.0625. The van der Waals surface area contributed by atoms with Crippen molar-refractivity contribution in [3.8, 4) is 0 Å². The summed E-state index contributed by atoms with van der Waals surface area (Å²) >= 11 is 0. The fourth-order valence-corrected chi connectivity index (χ4v) is 2.26. The van der Waals surface area contributed by atoms with Gasteiger partial charge in [-0.25, -0.2) is 4.57 Å². The Bertz CT molecular complexity index is 899. The number of benzene rings is 1. The van der Waals surface area contributed by atoms with Gasteiger partial charge < -0.3 is 5.73 Å². The average molecular weight is 279 g/mol. The third-order valence-corrected chi connectivity index (χ3v) is 3.29. The van der Waals surface area contributed by atoms with Crippen molar-refractivity contribution < 1.29 is 4.79 Å². The molecular weight excluding hydrogens is 266 g/mol. The molecule has 0 unspecified atom stereocenters. The van der Waals surface area contributed by atoms with Crippen molar-refractivity contribution in [2.75, 3.05) is 5.73 Å². The molecule has 0 atom stereocenters. The van der Waals surface area contributed by atoms with Crippen LogP contribution in [0.15, 0.2) is 53.5 Å². The molecule has 0 radical (unpaired) electrons. The number of aryl methyl sites for hydroxylation is 1. The zero-order chi connectivity index (χ0) is 15.0. The van der Waals surface area contributed by atoms with Crippen molar-refractivity contribution in [2.24, 2.45) is 0 Å². The van der Waals surface area contributed by atoms with Crippen LogP contribution in [-0.2, 0) is 0 Å². The van der Waals surface area contributed by atoms with Gasteiger partial charge in [-0.15, -0.1) is 0 Å². The van der Waals surface area contributed by atoms with E-state index in [0.29, 0.717) is 16.8 Å². The highest BCUT2D eigenvalue weighted by molar-refractivity contribution is 6.00. The van der Waals surface area contributed by atoms with Crippen LogP contribution in [0, 0.1) is 6.92 Å². The summed E-state index contributed by atoms with van der Waals surface area (Å²) in [6, 6.07) is 11.9. The monoisotopic (exact) mass is 279 g/mol. The maximum Gasteiger partial charge on any atom is 0.283 e. The van der Waals surface area contributed by atoms with Crippen molar-refractivity contribution in [1.29, 1.82) is 0 Å². The Labute approximate surface area is 120 Å². The maximum atomic E-state index is 12.6. The van der Waals surface area contributed by atoms with Crippen molar-refractivity contribution in [3.05, 3.63) is 70.3 Å². The van der Waals surface area contributed by atoms with E-state index >= 15 is 0 Å². The van der Waals surface area contributed by atoms with Gasteiger partial charge in [0.05, 0.1) is 5.52 Å². The summed E-state index contributed by atoms with van der Waals surface area (Å²) in [4.78, 5) is 29.0. The number of fused-ring (bicyclic) bond motifs is 1. The van der Waals surface area contributed by atoms with Crippen molar-refractivity contribution in [3.63, 3.8) is 0 Å². The van der Waals surface area contributed by atoms with Gasteiger partial charge in [0.15, 0.2) is 0 Å². The van der Waals surface area contributed by atoms with E-state index in [2.05, 4.69) is 4.98 Å². The zero-order valence-electron chi connectivity index (χ0n) is 11.4. The highest BCUT2D eigenvalue weighted by Crippen LogP contribution is 2.17. The smallest absolute Gasteiger partial charge is 0.283 e. The molecule has 0 aliphatic rings. The number of carbonyl (C=O) groups excluding carboxylic acids is 1. The first kappa shape index (κ1) is 13.1. The normalized spacial score (nSPS) is 10.7. The van der Waals surface area contributed by atoms with E-state index in [1.807, 2.05) is 0 Å². The van der Waals surface area contributed by atoms with Crippen LogP contribution >= 0.6 is 0 Å². The number of pyridine rings is 2. The molecule has 2 aromatic heterocycles. The van der Waals surface area contributed by atoms with E-state index in [1.165, 1.54) is 6.20 Å². The zero-order valence-corrected chi connectivity index (χ0v) is 11.4. The molecule has 0 aliphatic carbocycles. The second kappa shape index (κ2) is 4.86. The van der Waals surface area contributed by atoms with Crippen molar-refractivity contribution in [1.82, 2.24) is 9.55 Å². The number of aromatic nitrogens is 2. The van der Waals surface area contributed by atoms with Crippen LogP contribution in [0.2, 0.25) is 0 Å². The van der Waals surface area contributed by atoms with Gasteiger partial charge in [-0.05, 0) is 42.6 Å². The van der Waals surface area contributed by atoms with Crippen molar-refractivity contribution >= 4 is 22.5 Å². The SMILES string of the molecule is Cc1cc2ccc(N)cc2n(C(=O)c2ccccn2)c1=O.